The molecule has 2 N–H and O–H groups in total. The summed E-state index contributed by atoms with van der Waals surface area (Å²) in [4.78, 5) is 0. The highest BCUT2D eigenvalue weighted by Crippen LogP contribution is 2.44. The van der Waals surface area contributed by atoms with E-state index in [9.17, 15) is 0 Å². The van der Waals surface area contributed by atoms with Gasteiger partial charge in [0, 0.05) is 30.6 Å². The number of para-hydroxylation sites is 1. The fraction of sp³-hybridized carbons (Fsp3) is 0.467. The predicted octanol–water partition coefficient (Wildman–Crippen LogP) is 2.52. The zero-order chi connectivity index (χ0) is 12.4. The summed E-state index contributed by atoms with van der Waals surface area (Å²) >= 11 is 0. The molecule has 1 aliphatic carbocycles. The number of hydrogen-bond donors (Lipinski definition) is 2. The maximum absolute atomic E-state index is 5.54. The molecule has 0 atom stereocenters. The smallest absolute Gasteiger partial charge is 0.134 e. The number of hydrogen-bond acceptors (Lipinski definition) is 3. The number of benzene rings is 1. The standard InChI is InChI=1S/C15H20N2O/c1-16-10-15(6-7-15)11-17-8-12-9-18-14-5-3-2-4-13(12)14/h2-5,9,16-17H,6-8,10-11H2,1H3. The fourth-order valence-electron chi connectivity index (χ4n) is 2.60. The van der Waals surface area contributed by atoms with Crippen LogP contribution in [0.4, 0.5) is 0 Å². The Balaban J connectivity index is 1.60. The van der Waals surface area contributed by atoms with Gasteiger partial charge in [0.1, 0.15) is 5.58 Å². The molecule has 0 spiro atoms. The lowest BCUT2D eigenvalue weighted by molar-refractivity contribution is 0.438. The highest BCUT2D eigenvalue weighted by atomic mass is 16.3. The van der Waals surface area contributed by atoms with Crippen molar-refractivity contribution in [3.8, 4) is 0 Å². The highest BCUT2D eigenvalue weighted by molar-refractivity contribution is 5.80. The van der Waals surface area contributed by atoms with Crippen LogP contribution in [0.3, 0.4) is 0 Å². The van der Waals surface area contributed by atoms with E-state index in [0.717, 1.165) is 25.2 Å². The third kappa shape index (κ3) is 2.28. The Morgan fingerprint density at radius 3 is 2.83 bits per heavy atom. The lowest BCUT2D eigenvalue weighted by Gasteiger charge is -2.14. The maximum atomic E-state index is 5.54. The van der Waals surface area contributed by atoms with Crippen LogP contribution in [-0.4, -0.2) is 20.1 Å². The first-order chi connectivity index (χ1) is 8.83. The first-order valence-corrected chi connectivity index (χ1v) is 6.63. The van der Waals surface area contributed by atoms with Gasteiger partial charge in [0.2, 0.25) is 0 Å². The average Bonchev–Trinajstić information content (AvgIpc) is 3.02. The van der Waals surface area contributed by atoms with Crippen LogP contribution in [0.25, 0.3) is 11.0 Å². The predicted molar refractivity (Wildman–Crippen MR) is 73.5 cm³/mol. The van der Waals surface area contributed by atoms with E-state index in [4.69, 9.17) is 4.42 Å². The van der Waals surface area contributed by atoms with E-state index < -0.39 is 0 Å². The summed E-state index contributed by atoms with van der Waals surface area (Å²) in [6.07, 6.45) is 4.55. The largest absolute Gasteiger partial charge is 0.464 e. The fourth-order valence-corrected chi connectivity index (χ4v) is 2.60. The zero-order valence-electron chi connectivity index (χ0n) is 10.8. The Labute approximate surface area is 108 Å². The van der Waals surface area contributed by atoms with Crippen molar-refractivity contribution in [2.24, 2.45) is 5.41 Å². The third-order valence-corrected chi connectivity index (χ3v) is 3.89. The number of fused-ring (bicyclic) bond motifs is 1. The molecule has 1 saturated carbocycles. The zero-order valence-corrected chi connectivity index (χ0v) is 10.8. The van der Waals surface area contributed by atoms with Crippen molar-refractivity contribution in [1.29, 1.82) is 0 Å². The maximum Gasteiger partial charge on any atom is 0.134 e. The monoisotopic (exact) mass is 244 g/mol. The minimum absolute atomic E-state index is 0.508. The van der Waals surface area contributed by atoms with E-state index in [1.165, 1.54) is 23.8 Å². The molecular formula is C15H20N2O. The minimum Gasteiger partial charge on any atom is -0.464 e. The molecule has 1 aliphatic rings. The molecule has 18 heavy (non-hydrogen) atoms. The van der Waals surface area contributed by atoms with E-state index >= 15 is 0 Å². The van der Waals surface area contributed by atoms with Gasteiger partial charge in [-0.15, -0.1) is 0 Å². The van der Waals surface area contributed by atoms with Gasteiger partial charge in [0.25, 0.3) is 0 Å². The van der Waals surface area contributed by atoms with Gasteiger partial charge in [-0.1, -0.05) is 18.2 Å². The molecular weight excluding hydrogens is 224 g/mol. The molecule has 2 aromatic rings. The van der Waals surface area contributed by atoms with Crippen LogP contribution in [0.5, 0.6) is 0 Å². The van der Waals surface area contributed by atoms with E-state index in [0.29, 0.717) is 5.41 Å². The van der Waals surface area contributed by atoms with Gasteiger partial charge >= 0.3 is 0 Å². The van der Waals surface area contributed by atoms with Gasteiger partial charge in [0.15, 0.2) is 0 Å². The van der Waals surface area contributed by atoms with Gasteiger partial charge in [-0.25, -0.2) is 0 Å². The van der Waals surface area contributed by atoms with E-state index in [-0.39, 0.29) is 0 Å². The Hall–Kier alpha value is -1.32. The lowest BCUT2D eigenvalue weighted by Crippen LogP contribution is -2.30. The minimum atomic E-state index is 0.508. The molecule has 1 fully saturated rings. The summed E-state index contributed by atoms with van der Waals surface area (Å²) in [6.45, 7) is 3.10. The molecule has 0 unspecified atom stereocenters. The molecule has 1 heterocycles. The van der Waals surface area contributed by atoms with Crippen molar-refractivity contribution in [1.82, 2.24) is 10.6 Å². The van der Waals surface area contributed by atoms with Crippen molar-refractivity contribution in [3.05, 3.63) is 36.1 Å². The molecule has 1 aromatic heterocycles. The number of furan rings is 1. The van der Waals surface area contributed by atoms with Crippen LogP contribution in [0.1, 0.15) is 18.4 Å². The molecule has 0 amide bonds. The first-order valence-electron chi connectivity index (χ1n) is 6.63. The van der Waals surface area contributed by atoms with Gasteiger partial charge in [-0.3, -0.25) is 0 Å². The summed E-state index contributed by atoms with van der Waals surface area (Å²) < 4.78 is 5.54. The van der Waals surface area contributed by atoms with Crippen LogP contribution < -0.4 is 10.6 Å². The van der Waals surface area contributed by atoms with Gasteiger partial charge in [-0.05, 0) is 31.4 Å². The van der Waals surface area contributed by atoms with Gasteiger partial charge in [0.05, 0.1) is 6.26 Å². The lowest BCUT2D eigenvalue weighted by atomic mass is 10.1. The van der Waals surface area contributed by atoms with Gasteiger partial charge in [-0.2, -0.15) is 0 Å². The topological polar surface area (TPSA) is 37.2 Å². The van der Waals surface area contributed by atoms with Crippen LogP contribution >= 0.6 is 0 Å². The Kier molecular flexibility index (Phi) is 3.10. The van der Waals surface area contributed by atoms with Crippen molar-refractivity contribution in [2.45, 2.75) is 19.4 Å². The van der Waals surface area contributed by atoms with Crippen molar-refractivity contribution in [2.75, 3.05) is 20.1 Å². The van der Waals surface area contributed by atoms with Crippen LogP contribution in [-0.2, 0) is 6.54 Å². The second-order valence-electron chi connectivity index (χ2n) is 5.39. The van der Waals surface area contributed by atoms with E-state index in [1.807, 2.05) is 25.4 Å². The summed E-state index contributed by atoms with van der Waals surface area (Å²) in [6, 6.07) is 8.21. The van der Waals surface area contributed by atoms with Gasteiger partial charge < -0.3 is 15.1 Å². The second kappa shape index (κ2) is 4.75. The number of nitrogens with one attached hydrogen (secondary N) is 2. The molecule has 0 radical (unpaired) electrons. The summed E-state index contributed by atoms with van der Waals surface area (Å²) in [5.41, 5.74) is 2.74. The Morgan fingerprint density at radius 2 is 2.06 bits per heavy atom. The molecule has 3 nitrogen and oxygen atoms in total. The summed E-state index contributed by atoms with van der Waals surface area (Å²) in [7, 11) is 2.03. The van der Waals surface area contributed by atoms with E-state index in [1.54, 1.807) is 0 Å². The van der Waals surface area contributed by atoms with Crippen molar-refractivity contribution >= 4 is 11.0 Å². The van der Waals surface area contributed by atoms with Crippen molar-refractivity contribution < 1.29 is 4.42 Å². The Bertz CT molecular complexity index is 528. The molecule has 0 aliphatic heterocycles. The summed E-state index contributed by atoms with van der Waals surface area (Å²) in [5, 5.41) is 8.08. The molecule has 0 saturated heterocycles. The quantitative estimate of drug-likeness (QED) is 0.820. The third-order valence-electron chi connectivity index (χ3n) is 3.89. The average molecular weight is 244 g/mol. The SMILES string of the molecule is CNCC1(CNCc2coc3ccccc23)CC1. The number of rotatable bonds is 6. The molecule has 0 bridgehead atoms. The van der Waals surface area contributed by atoms with Crippen LogP contribution in [0, 0.1) is 5.41 Å². The second-order valence-corrected chi connectivity index (χ2v) is 5.39. The molecule has 3 rings (SSSR count). The molecule has 3 heteroatoms. The normalized spacial score (nSPS) is 17.2. The van der Waals surface area contributed by atoms with Crippen LogP contribution in [0.2, 0.25) is 0 Å². The highest BCUT2D eigenvalue weighted by Gasteiger charge is 2.41. The summed E-state index contributed by atoms with van der Waals surface area (Å²) in [5.74, 6) is 0. The Morgan fingerprint density at radius 1 is 1.22 bits per heavy atom. The van der Waals surface area contributed by atoms with Crippen LogP contribution in [0.15, 0.2) is 34.9 Å². The molecule has 96 valence electrons. The molecule has 1 aromatic carbocycles. The van der Waals surface area contributed by atoms with E-state index in [2.05, 4.69) is 22.8 Å². The first kappa shape index (κ1) is 11.8. The van der Waals surface area contributed by atoms with Crippen molar-refractivity contribution in [3.63, 3.8) is 0 Å².